The maximum Gasteiger partial charge on any atom is 0.255 e. The van der Waals surface area contributed by atoms with E-state index in [2.05, 4.69) is 31.3 Å². The van der Waals surface area contributed by atoms with Gasteiger partial charge in [0.25, 0.3) is 5.91 Å². The number of amides is 1. The van der Waals surface area contributed by atoms with E-state index < -0.39 is 0 Å². The summed E-state index contributed by atoms with van der Waals surface area (Å²) in [5.41, 5.74) is 2.69. The molecule has 0 radical (unpaired) electrons. The maximum absolute atomic E-state index is 12.3. The molecule has 0 aliphatic heterocycles. The molecule has 2 aromatic carbocycles. The van der Waals surface area contributed by atoms with Gasteiger partial charge in [0, 0.05) is 11.3 Å². The molecule has 0 aliphatic carbocycles. The molecule has 0 bridgehead atoms. The maximum atomic E-state index is 12.3. The summed E-state index contributed by atoms with van der Waals surface area (Å²) in [7, 11) is 0. The van der Waals surface area contributed by atoms with Gasteiger partial charge in [0.1, 0.15) is 5.75 Å². The highest BCUT2D eigenvalue weighted by molar-refractivity contribution is 6.04. The van der Waals surface area contributed by atoms with Crippen LogP contribution in [0.3, 0.4) is 0 Å². The van der Waals surface area contributed by atoms with Crippen LogP contribution in [0.4, 0.5) is 5.69 Å². The number of anilines is 1. The molecule has 2 aromatic rings. The van der Waals surface area contributed by atoms with Crippen LogP contribution in [0.15, 0.2) is 48.5 Å². The molecule has 1 atom stereocenters. The van der Waals surface area contributed by atoms with Gasteiger partial charge in [-0.15, -0.1) is 0 Å². The van der Waals surface area contributed by atoms with Crippen LogP contribution in [0.25, 0.3) is 0 Å². The normalized spacial score (nSPS) is 11.8. The van der Waals surface area contributed by atoms with E-state index in [1.165, 1.54) is 5.56 Å². The second kappa shape index (κ2) is 7.64. The van der Waals surface area contributed by atoms with Crippen LogP contribution in [-0.4, -0.2) is 12.5 Å². The van der Waals surface area contributed by atoms with Crippen molar-refractivity contribution in [2.24, 2.45) is 0 Å². The molecule has 0 spiro atoms. The zero-order valence-electron chi connectivity index (χ0n) is 13.4. The van der Waals surface area contributed by atoms with Crippen molar-refractivity contribution in [3.63, 3.8) is 0 Å². The Morgan fingerprint density at radius 3 is 2.50 bits per heavy atom. The van der Waals surface area contributed by atoms with Gasteiger partial charge in [0.15, 0.2) is 0 Å². The third-order valence-corrected chi connectivity index (χ3v) is 3.76. The van der Waals surface area contributed by atoms with Gasteiger partial charge in [-0.3, -0.25) is 4.79 Å². The van der Waals surface area contributed by atoms with Crippen molar-refractivity contribution in [2.45, 2.75) is 33.1 Å². The van der Waals surface area contributed by atoms with E-state index in [9.17, 15) is 4.79 Å². The first-order chi connectivity index (χ1) is 10.6. The average Bonchev–Trinajstić information content (AvgIpc) is 2.55. The summed E-state index contributed by atoms with van der Waals surface area (Å²) in [6.07, 6.45) is 1.11. The number of nitrogens with one attached hydrogen (secondary N) is 1. The smallest absolute Gasteiger partial charge is 0.255 e. The first-order valence-electron chi connectivity index (χ1n) is 7.78. The van der Waals surface area contributed by atoms with Gasteiger partial charge in [-0.05, 0) is 55.2 Å². The van der Waals surface area contributed by atoms with E-state index in [1.54, 1.807) is 12.1 Å². The fourth-order valence-electron chi connectivity index (χ4n) is 2.23. The first kappa shape index (κ1) is 16.1. The lowest BCUT2D eigenvalue weighted by Gasteiger charge is -2.11. The van der Waals surface area contributed by atoms with Gasteiger partial charge in [-0.25, -0.2) is 0 Å². The Kier molecular flexibility index (Phi) is 5.59. The highest BCUT2D eigenvalue weighted by atomic mass is 16.5. The highest BCUT2D eigenvalue weighted by Crippen LogP contribution is 2.21. The standard InChI is InChI=1S/C19H23NO2/c1-4-14(3)15-9-11-17(12-10-15)20-19(21)16-7-6-8-18(13-16)22-5-2/h6-14H,4-5H2,1-3H3,(H,20,21). The van der Waals surface area contributed by atoms with Gasteiger partial charge >= 0.3 is 0 Å². The zero-order valence-corrected chi connectivity index (χ0v) is 13.4. The van der Waals surface area contributed by atoms with Gasteiger partial charge in [0.2, 0.25) is 0 Å². The van der Waals surface area contributed by atoms with Crippen LogP contribution in [-0.2, 0) is 0 Å². The molecule has 3 heteroatoms. The molecule has 0 aliphatic rings. The first-order valence-corrected chi connectivity index (χ1v) is 7.78. The van der Waals surface area contributed by atoms with E-state index >= 15 is 0 Å². The second-order valence-electron chi connectivity index (χ2n) is 5.35. The number of rotatable bonds is 6. The Balaban J connectivity index is 2.06. The van der Waals surface area contributed by atoms with E-state index in [0.29, 0.717) is 23.8 Å². The van der Waals surface area contributed by atoms with Crippen LogP contribution in [0.2, 0.25) is 0 Å². The minimum atomic E-state index is -0.127. The van der Waals surface area contributed by atoms with Crippen molar-refractivity contribution in [2.75, 3.05) is 11.9 Å². The predicted molar refractivity (Wildman–Crippen MR) is 90.7 cm³/mol. The SMILES string of the molecule is CCOc1cccc(C(=O)Nc2ccc(C(C)CC)cc2)c1. The Bertz CT molecular complexity index is 620. The van der Waals surface area contributed by atoms with Crippen molar-refractivity contribution in [1.82, 2.24) is 0 Å². The largest absolute Gasteiger partial charge is 0.494 e. The number of ether oxygens (including phenoxy) is 1. The molecule has 0 saturated carbocycles. The number of carbonyl (C=O) groups excluding carboxylic acids is 1. The third kappa shape index (κ3) is 4.10. The Morgan fingerprint density at radius 2 is 1.86 bits per heavy atom. The van der Waals surface area contributed by atoms with E-state index in [4.69, 9.17) is 4.74 Å². The molecule has 0 fully saturated rings. The summed E-state index contributed by atoms with van der Waals surface area (Å²) in [6.45, 7) is 6.88. The van der Waals surface area contributed by atoms with Crippen LogP contribution in [0, 0.1) is 0 Å². The molecule has 0 saturated heterocycles. The highest BCUT2D eigenvalue weighted by Gasteiger charge is 2.08. The topological polar surface area (TPSA) is 38.3 Å². The molecule has 0 aromatic heterocycles. The number of benzene rings is 2. The summed E-state index contributed by atoms with van der Waals surface area (Å²) < 4.78 is 5.42. The van der Waals surface area contributed by atoms with Gasteiger partial charge in [0.05, 0.1) is 6.61 Å². The third-order valence-electron chi connectivity index (χ3n) is 3.76. The lowest BCUT2D eigenvalue weighted by atomic mass is 9.98. The average molecular weight is 297 g/mol. The number of carbonyl (C=O) groups is 1. The monoisotopic (exact) mass is 297 g/mol. The molecule has 1 unspecified atom stereocenters. The van der Waals surface area contributed by atoms with Crippen LogP contribution < -0.4 is 10.1 Å². The quantitative estimate of drug-likeness (QED) is 0.827. The predicted octanol–water partition coefficient (Wildman–Crippen LogP) is 4.85. The summed E-state index contributed by atoms with van der Waals surface area (Å²) in [4.78, 5) is 12.3. The molecular weight excluding hydrogens is 274 g/mol. The zero-order chi connectivity index (χ0) is 15.9. The summed E-state index contributed by atoms with van der Waals surface area (Å²) in [5, 5.41) is 2.92. The van der Waals surface area contributed by atoms with Crippen LogP contribution >= 0.6 is 0 Å². The summed E-state index contributed by atoms with van der Waals surface area (Å²) in [6, 6.07) is 15.3. The van der Waals surface area contributed by atoms with Gasteiger partial charge in [-0.2, -0.15) is 0 Å². The van der Waals surface area contributed by atoms with Crippen molar-refractivity contribution in [1.29, 1.82) is 0 Å². The molecule has 1 amide bonds. The van der Waals surface area contributed by atoms with E-state index in [1.807, 2.05) is 31.2 Å². The van der Waals surface area contributed by atoms with Gasteiger partial charge < -0.3 is 10.1 Å². The lowest BCUT2D eigenvalue weighted by Crippen LogP contribution is -2.12. The number of hydrogen-bond acceptors (Lipinski definition) is 2. The second-order valence-corrected chi connectivity index (χ2v) is 5.35. The molecule has 3 nitrogen and oxygen atoms in total. The molecule has 2 rings (SSSR count). The summed E-state index contributed by atoms with van der Waals surface area (Å²) >= 11 is 0. The molecule has 116 valence electrons. The Hall–Kier alpha value is -2.29. The summed E-state index contributed by atoms with van der Waals surface area (Å²) in [5.74, 6) is 1.12. The Labute approximate surface area is 132 Å². The fraction of sp³-hybridized carbons (Fsp3) is 0.316. The molecule has 1 N–H and O–H groups in total. The van der Waals surface area contributed by atoms with E-state index in [-0.39, 0.29) is 5.91 Å². The fourth-order valence-corrected chi connectivity index (χ4v) is 2.23. The Morgan fingerprint density at radius 1 is 1.14 bits per heavy atom. The minimum absolute atomic E-state index is 0.127. The van der Waals surface area contributed by atoms with Crippen molar-refractivity contribution >= 4 is 11.6 Å². The minimum Gasteiger partial charge on any atom is -0.494 e. The van der Waals surface area contributed by atoms with Crippen molar-refractivity contribution in [3.05, 3.63) is 59.7 Å². The molecule has 22 heavy (non-hydrogen) atoms. The van der Waals surface area contributed by atoms with Crippen molar-refractivity contribution in [3.8, 4) is 5.75 Å². The van der Waals surface area contributed by atoms with Crippen LogP contribution in [0.1, 0.15) is 49.0 Å². The molecular formula is C19H23NO2. The van der Waals surface area contributed by atoms with Crippen LogP contribution in [0.5, 0.6) is 5.75 Å². The molecule has 0 heterocycles. The van der Waals surface area contributed by atoms with E-state index in [0.717, 1.165) is 12.1 Å². The van der Waals surface area contributed by atoms with Gasteiger partial charge in [-0.1, -0.05) is 32.0 Å². The lowest BCUT2D eigenvalue weighted by molar-refractivity contribution is 0.102. The van der Waals surface area contributed by atoms with Crippen molar-refractivity contribution < 1.29 is 9.53 Å². The number of hydrogen-bond donors (Lipinski definition) is 1.